The highest BCUT2D eigenvalue weighted by atomic mass is 35.5. The first-order valence-electron chi connectivity index (χ1n) is 17.3. The predicted molar refractivity (Wildman–Crippen MR) is 194 cm³/mol. The van der Waals surface area contributed by atoms with Crippen LogP contribution in [0.2, 0.25) is 10.0 Å². The van der Waals surface area contributed by atoms with Gasteiger partial charge in [0, 0.05) is 42.5 Å². The van der Waals surface area contributed by atoms with E-state index in [1.165, 1.54) is 13.8 Å². The van der Waals surface area contributed by atoms with Crippen LogP contribution in [-0.2, 0) is 35.1 Å². The van der Waals surface area contributed by atoms with Crippen molar-refractivity contribution in [1.29, 1.82) is 0 Å². The quantitative estimate of drug-likeness (QED) is 0.0839. The van der Waals surface area contributed by atoms with E-state index in [0.717, 1.165) is 12.0 Å². The van der Waals surface area contributed by atoms with Crippen LogP contribution in [0.15, 0.2) is 54.2 Å². The fraction of sp³-hybridized carbons (Fsp3) is 0.632. The molecule has 2 heterocycles. The number of hydrogen-bond acceptors (Lipinski definition) is 10. The molecule has 11 unspecified atom stereocenters. The molecule has 10 nitrogen and oxygen atoms in total. The second-order valence-corrected chi connectivity index (χ2v) is 15.0. The highest BCUT2D eigenvalue weighted by molar-refractivity contribution is 6.35. The summed E-state index contributed by atoms with van der Waals surface area (Å²) in [5, 5.41) is 38.0. The zero-order chi connectivity index (χ0) is 37.4. The zero-order valence-electron chi connectivity index (χ0n) is 30.4. The van der Waals surface area contributed by atoms with E-state index < -0.39 is 53.4 Å². The number of methoxy groups -OCH3 is 1. The molecule has 1 aromatic carbocycles. The minimum atomic E-state index is -1.47. The van der Waals surface area contributed by atoms with E-state index >= 15 is 0 Å². The average Bonchev–Trinajstić information content (AvgIpc) is 3.82. The first-order valence-corrected chi connectivity index (χ1v) is 18.0. The van der Waals surface area contributed by atoms with E-state index in [2.05, 4.69) is 19.2 Å². The summed E-state index contributed by atoms with van der Waals surface area (Å²) in [5.41, 5.74) is -1.38. The number of halogens is 2. The van der Waals surface area contributed by atoms with Crippen molar-refractivity contribution >= 4 is 35.1 Å². The Hall–Kier alpha value is -2.28. The number of nitrogens with one attached hydrogen (secondary N) is 1. The number of esters is 2. The smallest absolute Gasteiger partial charge is 0.309 e. The van der Waals surface area contributed by atoms with Crippen molar-refractivity contribution in [2.24, 2.45) is 11.8 Å². The van der Waals surface area contributed by atoms with Crippen molar-refractivity contribution in [3.63, 3.8) is 0 Å². The van der Waals surface area contributed by atoms with Crippen LogP contribution in [0.5, 0.6) is 0 Å². The molecule has 4 N–H and O–H groups in total. The molecule has 1 saturated heterocycles. The Morgan fingerprint density at radius 3 is 2.56 bits per heavy atom. The Bertz CT molecular complexity index is 1390. The fourth-order valence-electron chi connectivity index (χ4n) is 6.56. The molecule has 3 rings (SSSR count). The van der Waals surface area contributed by atoms with Crippen LogP contribution in [0.4, 0.5) is 0 Å². The number of cyclic esters (lactones) is 1. The van der Waals surface area contributed by atoms with Crippen LogP contribution >= 0.6 is 23.2 Å². The summed E-state index contributed by atoms with van der Waals surface area (Å²) in [7, 11) is 1.69. The Morgan fingerprint density at radius 2 is 1.94 bits per heavy atom. The third-order valence-electron chi connectivity index (χ3n) is 9.72. The Labute approximate surface area is 306 Å². The number of allylic oxidation sites excluding steroid dienone is 2. The molecule has 0 amide bonds. The molecule has 1 fully saturated rings. The Kier molecular flexibility index (Phi) is 15.6. The molecular weight excluding hydrogens is 685 g/mol. The van der Waals surface area contributed by atoms with Crippen LogP contribution in [0.3, 0.4) is 0 Å². The lowest BCUT2D eigenvalue weighted by atomic mass is 9.87. The normalized spacial score (nSPS) is 31.1. The first kappa shape index (κ1) is 42.1. The van der Waals surface area contributed by atoms with Crippen LogP contribution < -0.4 is 5.32 Å². The molecule has 1 aromatic rings. The van der Waals surface area contributed by atoms with Gasteiger partial charge in [0.25, 0.3) is 0 Å². The summed E-state index contributed by atoms with van der Waals surface area (Å²) in [6, 6.07) is 4.74. The first-order chi connectivity index (χ1) is 23.4. The summed E-state index contributed by atoms with van der Waals surface area (Å²) in [6.45, 7) is 12.7. The van der Waals surface area contributed by atoms with Gasteiger partial charge in [0.2, 0.25) is 0 Å². The van der Waals surface area contributed by atoms with Gasteiger partial charge in [-0.25, -0.2) is 0 Å². The van der Waals surface area contributed by atoms with E-state index in [4.69, 9.17) is 42.1 Å². The summed E-state index contributed by atoms with van der Waals surface area (Å²) < 4.78 is 23.1. The lowest BCUT2D eigenvalue weighted by Crippen LogP contribution is -2.52. The van der Waals surface area contributed by atoms with Crippen LogP contribution in [0.1, 0.15) is 79.7 Å². The molecule has 2 aliphatic heterocycles. The predicted octanol–water partition coefficient (Wildman–Crippen LogP) is 5.87. The van der Waals surface area contributed by atoms with E-state index in [9.17, 15) is 24.9 Å². The topological polar surface area (TPSA) is 147 Å². The maximum atomic E-state index is 12.9. The molecule has 2 aliphatic rings. The summed E-state index contributed by atoms with van der Waals surface area (Å²) in [5.74, 6) is -1.45. The van der Waals surface area contributed by atoms with Crippen LogP contribution in [0, 0.1) is 11.8 Å². The van der Waals surface area contributed by atoms with Crippen molar-refractivity contribution in [2.45, 2.75) is 135 Å². The van der Waals surface area contributed by atoms with Gasteiger partial charge in [-0.15, -0.1) is 0 Å². The highest BCUT2D eigenvalue weighted by Crippen LogP contribution is 2.39. The molecule has 0 bridgehead atoms. The minimum Gasteiger partial charge on any atom is -0.457 e. The lowest BCUT2D eigenvalue weighted by molar-refractivity contribution is -0.157. The maximum Gasteiger partial charge on any atom is 0.309 e. The second-order valence-electron chi connectivity index (χ2n) is 14.1. The van der Waals surface area contributed by atoms with E-state index in [0.29, 0.717) is 22.2 Å². The minimum absolute atomic E-state index is 0.00340. The van der Waals surface area contributed by atoms with E-state index in [1.807, 2.05) is 13.0 Å². The highest BCUT2D eigenvalue weighted by Gasteiger charge is 2.54. The number of ether oxygens (including phenoxy) is 4. The standard InChI is InChI=1S/C38H55Cl2NO9/c1-9-30(47-8)24(4)34-35(50-34)36(41-21-26-13-14-27(39)19-29(26)40)38(7,46)17-10-11-22(2)33-23(3)12-15-31(48-25(5)42)37(6,45)18-16-28(43)20-32(44)49-33/h10-15,17,19,23-24,28,30-31,33-36,41,43,45-46H,9,16,18,20-21H2,1-8H3. The number of epoxide rings is 1. The molecule has 11 atom stereocenters. The van der Waals surface area contributed by atoms with E-state index in [1.54, 1.807) is 63.5 Å². The molecule has 50 heavy (non-hydrogen) atoms. The van der Waals surface area contributed by atoms with Crippen molar-refractivity contribution in [3.05, 3.63) is 69.8 Å². The maximum absolute atomic E-state index is 12.9. The monoisotopic (exact) mass is 739 g/mol. The van der Waals surface area contributed by atoms with Gasteiger partial charge in [-0.1, -0.05) is 74.3 Å². The number of aliphatic hydroxyl groups is 3. The van der Waals surface area contributed by atoms with E-state index in [-0.39, 0.29) is 43.5 Å². The number of hydrogen-bond donors (Lipinski definition) is 4. The summed E-state index contributed by atoms with van der Waals surface area (Å²) in [4.78, 5) is 24.7. The van der Waals surface area contributed by atoms with Gasteiger partial charge in [0.1, 0.15) is 23.9 Å². The molecule has 12 heteroatoms. The van der Waals surface area contributed by atoms with Crippen LogP contribution in [-0.4, -0.2) is 88.2 Å². The Balaban J connectivity index is 1.89. The van der Waals surface area contributed by atoms with Gasteiger partial charge >= 0.3 is 11.9 Å². The van der Waals surface area contributed by atoms with Gasteiger partial charge < -0.3 is 39.6 Å². The van der Waals surface area contributed by atoms with Crippen molar-refractivity contribution in [3.8, 4) is 0 Å². The van der Waals surface area contributed by atoms with Gasteiger partial charge in [-0.3, -0.25) is 9.59 Å². The van der Waals surface area contributed by atoms with Crippen molar-refractivity contribution in [2.75, 3.05) is 7.11 Å². The zero-order valence-corrected chi connectivity index (χ0v) is 31.9. The van der Waals surface area contributed by atoms with Gasteiger partial charge in [0.05, 0.1) is 36.4 Å². The van der Waals surface area contributed by atoms with Crippen molar-refractivity contribution < 1.29 is 43.9 Å². The Morgan fingerprint density at radius 1 is 1.24 bits per heavy atom. The summed E-state index contributed by atoms with van der Waals surface area (Å²) in [6.07, 6.45) is 6.05. The second kappa shape index (κ2) is 18.5. The number of carbonyl (C=O) groups is 2. The largest absolute Gasteiger partial charge is 0.457 e. The number of aliphatic hydroxyl groups excluding tert-OH is 1. The SMILES string of the molecule is CCC(OC)C(C)C1OC1C(NCc1ccc(Cl)cc1Cl)C(C)(O)C=CC=C(C)C1OC(=O)CC(O)CCC(C)(O)C(OC(C)=O)C=CC1C. The molecular formula is C38H55Cl2NO9. The fourth-order valence-corrected chi connectivity index (χ4v) is 7.03. The molecule has 0 aromatic heterocycles. The number of carbonyl (C=O) groups excluding carboxylic acids is 2. The van der Waals surface area contributed by atoms with Gasteiger partial charge in [-0.2, -0.15) is 0 Å². The number of benzene rings is 1. The average molecular weight is 741 g/mol. The van der Waals surface area contributed by atoms with Crippen LogP contribution in [0.25, 0.3) is 0 Å². The molecule has 0 radical (unpaired) electrons. The third kappa shape index (κ3) is 11.9. The molecule has 280 valence electrons. The lowest BCUT2D eigenvalue weighted by Gasteiger charge is -2.32. The number of rotatable bonds is 13. The third-order valence-corrected chi connectivity index (χ3v) is 10.3. The van der Waals surface area contributed by atoms with Gasteiger partial charge in [0.15, 0.2) is 0 Å². The van der Waals surface area contributed by atoms with Crippen molar-refractivity contribution in [1.82, 2.24) is 5.32 Å². The molecule has 0 aliphatic carbocycles. The molecule has 0 saturated carbocycles. The molecule has 0 spiro atoms. The summed E-state index contributed by atoms with van der Waals surface area (Å²) >= 11 is 12.6. The van der Waals surface area contributed by atoms with Gasteiger partial charge in [-0.05, 0) is 69.4 Å².